The molecular formula is C13H18N4OSe. The zero-order chi connectivity index (χ0) is 13.9. The average molecular weight is 325 g/mol. The summed E-state index contributed by atoms with van der Waals surface area (Å²) in [7, 11) is 0. The first kappa shape index (κ1) is 14.2. The molecule has 0 bridgehead atoms. The Morgan fingerprint density at radius 2 is 2.11 bits per heavy atom. The van der Waals surface area contributed by atoms with Crippen molar-refractivity contribution in [3.05, 3.63) is 18.2 Å². The number of nitrogens with one attached hydrogen (secondary N) is 2. The molecule has 0 spiro atoms. The van der Waals surface area contributed by atoms with E-state index in [1.165, 1.54) is 0 Å². The van der Waals surface area contributed by atoms with Crippen molar-refractivity contribution in [1.29, 1.82) is 0 Å². The summed E-state index contributed by atoms with van der Waals surface area (Å²) >= 11 is -0.0725. The van der Waals surface area contributed by atoms with E-state index in [1.54, 1.807) is 0 Å². The van der Waals surface area contributed by atoms with Crippen LogP contribution in [0.15, 0.2) is 18.2 Å². The van der Waals surface area contributed by atoms with Gasteiger partial charge >= 0.3 is 118 Å². The number of hydrogen-bond donors (Lipinski definition) is 2. The van der Waals surface area contributed by atoms with Crippen LogP contribution < -0.4 is 10.6 Å². The third-order valence-corrected chi connectivity index (χ3v) is 3.71. The van der Waals surface area contributed by atoms with E-state index in [0.717, 1.165) is 16.7 Å². The fourth-order valence-electron chi connectivity index (χ4n) is 1.67. The number of anilines is 1. The summed E-state index contributed by atoms with van der Waals surface area (Å²) in [5, 5.41) is 6.20. The predicted molar refractivity (Wildman–Crippen MR) is 77.5 cm³/mol. The summed E-state index contributed by atoms with van der Waals surface area (Å²) in [6, 6.07) is 5.68. The predicted octanol–water partition coefficient (Wildman–Crippen LogP) is 1.40. The molecule has 6 heteroatoms. The third-order valence-electron chi connectivity index (χ3n) is 2.57. The topological polar surface area (TPSA) is 66.9 Å². The van der Waals surface area contributed by atoms with Gasteiger partial charge in [-0.1, -0.05) is 0 Å². The Bertz CT molecular complexity index is 573. The van der Waals surface area contributed by atoms with Crippen LogP contribution in [0.3, 0.4) is 0 Å². The number of carbonyl (C=O) groups excluding carboxylic acids is 1. The Morgan fingerprint density at radius 1 is 1.32 bits per heavy atom. The monoisotopic (exact) mass is 326 g/mol. The average Bonchev–Trinajstić information content (AvgIpc) is 2.76. The van der Waals surface area contributed by atoms with Crippen LogP contribution in [-0.4, -0.2) is 40.9 Å². The van der Waals surface area contributed by atoms with Gasteiger partial charge in [-0.3, -0.25) is 0 Å². The van der Waals surface area contributed by atoms with Gasteiger partial charge in [0.25, 0.3) is 0 Å². The molecule has 1 amide bonds. The summed E-state index contributed by atoms with van der Waals surface area (Å²) in [5.41, 5.74) is 2.50. The molecule has 0 fully saturated rings. The zero-order valence-corrected chi connectivity index (χ0v) is 13.1. The molecule has 0 aliphatic heterocycles. The molecule has 0 aliphatic rings. The SMILES string of the molecule is CC(C)(C)NCCC(=O)Nc1cccc2n[se]nc12. The van der Waals surface area contributed by atoms with Gasteiger partial charge in [-0.05, 0) is 0 Å². The second-order valence-electron chi connectivity index (χ2n) is 5.41. The second-order valence-corrected chi connectivity index (χ2v) is 6.52. The first-order valence-corrected chi connectivity index (χ1v) is 7.75. The van der Waals surface area contributed by atoms with E-state index in [-0.39, 0.29) is 26.4 Å². The number of fused-ring (bicyclic) bond motifs is 1. The van der Waals surface area contributed by atoms with Crippen molar-refractivity contribution >= 4 is 37.6 Å². The Balaban J connectivity index is 1.94. The number of rotatable bonds is 4. The Kier molecular flexibility index (Phi) is 4.34. The van der Waals surface area contributed by atoms with Gasteiger partial charge in [-0.25, -0.2) is 0 Å². The van der Waals surface area contributed by atoms with Gasteiger partial charge in [0.15, 0.2) is 0 Å². The minimum absolute atomic E-state index is 0.000231. The standard InChI is InChI=1S/C13H18N4OSe/c1-13(2,3)14-8-7-11(18)15-9-5-4-6-10-12(9)17-19-16-10/h4-6,14H,7-8H2,1-3H3,(H,15,18). The van der Waals surface area contributed by atoms with E-state index in [2.05, 4.69) is 39.4 Å². The molecule has 0 aliphatic carbocycles. The van der Waals surface area contributed by atoms with Crippen LogP contribution in [0.2, 0.25) is 0 Å². The molecule has 0 saturated heterocycles. The second kappa shape index (κ2) is 5.82. The molecular weight excluding hydrogens is 307 g/mol. The number of benzene rings is 1. The van der Waals surface area contributed by atoms with Crippen molar-refractivity contribution in [3.8, 4) is 0 Å². The van der Waals surface area contributed by atoms with Crippen molar-refractivity contribution in [3.63, 3.8) is 0 Å². The van der Waals surface area contributed by atoms with Crippen LogP contribution in [0.4, 0.5) is 5.69 Å². The fraction of sp³-hybridized carbons (Fsp3) is 0.462. The summed E-state index contributed by atoms with van der Waals surface area (Å²) in [6.07, 6.45) is 0.448. The minimum atomic E-state index is -0.0725. The molecule has 2 aromatic rings. The van der Waals surface area contributed by atoms with E-state index in [9.17, 15) is 4.79 Å². The number of nitrogens with zero attached hydrogens (tertiary/aromatic N) is 2. The Hall–Kier alpha value is -1.23. The van der Waals surface area contributed by atoms with Gasteiger partial charge in [-0.15, -0.1) is 0 Å². The van der Waals surface area contributed by atoms with Gasteiger partial charge in [0.05, 0.1) is 0 Å². The molecule has 0 saturated carbocycles. The van der Waals surface area contributed by atoms with Crippen LogP contribution in [0.1, 0.15) is 27.2 Å². The van der Waals surface area contributed by atoms with Gasteiger partial charge in [0.2, 0.25) is 0 Å². The van der Waals surface area contributed by atoms with Crippen LogP contribution in [0.5, 0.6) is 0 Å². The van der Waals surface area contributed by atoms with Crippen molar-refractivity contribution in [2.24, 2.45) is 0 Å². The van der Waals surface area contributed by atoms with Crippen LogP contribution in [-0.2, 0) is 4.79 Å². The number of hydrogen-bond acceptors (Lipinski definition) is 4. The molecule has 19 heavy (non-hydrogen) atoms. The number of amides is 1. The van der Waals surface area contributed by atoms with Crippen molar-refractivity contribution in [1.82, 2.24) is 13.3 Å². The Morgan fingerprint density at radius 3 is 2.84 bits per heavy atom. The molecule has 0 radical (unpaired) electrons. The van der Waals surface area contributed by atoms with Gasteiger partial charge in [0.1, 0.15) is 0 Å². The molecule has 2 rings (SSSR count). The number of aromatic nitrogens is 2. The third kappa shape index (κ3) is 4.13. The van der Waals surface area contributed by atoms with Crippen molar-refractivity contribution in [2.75, 3.05) is 11.9 Å². The summed E-state index contributed by atoms with van der Waals surface area (Å²) in [5.74, 6) is -0.000231. The zero-order valence-electron chi connectivity index (χ0n) is 11.4. The molecule has 0 atom stereocenters. The molecule has 1 aromatic carbocycles. The molecule has 2 N–H and O–H groups in total. The van der Waals surface area contributed by atoms with Crippen molar-refractivity contribution < 1.29 is 4.79 Å². The van der Waals surface area contributed by atoms with Crippen LogP contribution >= 0.6 is 0 Å². The van der Waals surface area contributed by atoms with E-state index in [1.807, 2.05) is 18.2 Å². The maximum absolute atomic E-state index is 11.9. The van der Waals surface area contributed by atoms with Gasteiger partial charge in [0, 0.05) is 0 Å². The normalized spacial score (nSPS) is 11.7. The first-order valence-electron chi connectivity index (χ1n) is 6.22. The van der Waals surface area contributed by atoms with Gasteiger partial charge in [-0.2, -0.15) is 0 Å². The number of carbonyl (C=O) groups is 1. The molecule has 102 valence electrons. The molecule has 5 nitrogen and oxygen atoms in total. The molecule has 0 unspecified atom stereocenters. The van der Waals surface area contributed by atoms with E-state index < -0.39 is 0 Å². The summed E-state index contributed by atoms with van der Waals surface area (Å²) in [4.78, 5) is 11.9. The van der Waals surface area contributed by atoms with Crippen LogP contribution in [0, 0.1) is 0 Å². The fourth-order valence-corrected chi connectivity index (χ4v) is 2.82. The van der Waals surface area contributed by atoms with E-state index >= 15 is 0 Å². The van der Waals surface area contributed by atoms with E-state index in [4.69, 9.17) is 0 Å². The van der Waals surface area contributed by atoms with Crippen molar-refractivity contribution in [2.45, 2.75) is 32.7 Å². The molecule has 1 aromatic heterocycles. The Labute approximate surface area is 119 Å². The summed E-state index contributed by atoms with van der Waals surface area (Å²) < 4.78 is 8.63. The first-order chi connectivity index (χ1) is 8.96. The summed E-state index contributed by atoms with van der Waals surface area (Å²) in [6.45, 7) is 6.90. The maximum atomic E-state index is 11.9. The van der Waals surface area contributed by atoms with Crippen LogP contribution in [0.25, 0.3) is 11.0 Å². The van der Waals surface area contributed by atoms with Gasteiger partial charge < -0.3 is 0 Å². The van der Waals surface area contributed by atoms with E-state index in [0.29, 0.717) is 13.0 Å². The molecule has 1 heterocycles. The quantitative estimate of drug-likeness (QED) is 0.834.